The van der Waals surface area contributed by atoms with Gasteiger partial charge in [0.2, 0.25) is 10.0 Å². The molecule has 0 fully saturated rings. The van der Waals surface area contributed by atoms with E-state index >= 15 is 0 Å². The Bertz CT molecular complexity index is 630. The van der Waals surface area contributed by atoms with Gasteiger partial charge in [0, 0.05) is 7.05 Å². The standard InChI is InChI=1S/C12H15ClFNO4S/c1-12(2,11(16)19-4)15(3)20(17,18)9-7-5-6-8(13)10(9)14/h5-7H,1-4H3. The largest absolute Gasteiger partial charge is 0.468 e. The van der Waals surface area contributed by atoms with Gasteiger partial charge in [0.1, 0.15) is 10.4 Å². The van der Waals surface area contributed by atoms with Crippen molar-refractivity contribution in [2.45, 2.75) is 24.3 Å². The smallest absolute Gasteiger partial charge is 0.326 e. The molecule has 0 bridgehead atoms. The van der Waals surface area contributed by atoms with Crippen LogP contribution in [-0.2, 0) is 19.6 Å². The highest BCUT2D eigenvalue weighted by Gasteiger charge is 2.42. The van der Waals surface area contributed by atoms with Crippen LogP contribution < -0.4 is 0 Å². The number of likely N-dealkylation sites (N-methyl/N-ethyl adjacent to an activating group) is 1. The highest BCUT2D eigenvalue weighted by molar-refractivity contribution is 7.89. The molecule has 0 amide bonds. The summed E-state index contributed by atoms with van der Waals surface area (Å²) in [7, 11) is -1.92. The zero-order chi connectivity index (χ0) is 15.7. The van der Waals surface area contributed by atoms with Crippen molar-refractivity contribution in [1.29, 1.82) is 0 Å². The van der Waals surface area contributed by atoms with Crippen LogP contribution in [0.1, 0.15) is 13.8 Å². The number of benzene rings is 1. The number of carbonyl (C=O) groups excluding carboxylic acids is 1. The first-order valence-electron chi connectivity index (χ1n) is 5.58. The van der Waals surface area contributed by atoms with Crippen LogP contribution in [0.4, 0.5) is 4.39 Å². The minimum absolute atomic E-state index is 0.310. The maximum absolute atomic E-state index is 13.9. The fourth-order valence-electron chi connectivity index (χ4n) is 1.51. The molecule has 1 aromatic rings. The minimum Gasteiger partial charge on any atom is -0.468 e. The van der Waals surface area contributed by atoms with E-state index in [0.29, 0.717) is 0 Å². The number of methoxy groups -OCH3 is 1. The number of rotatable bonds is 4. The first kappa shape index (κ1) is 16.9. The highest BCUT2D eigenvalue weighted by Crippen LogP contribution is 2.28. The maximum atomic E-state index is 13.9. The van der Waals surface area contributed by atoms with E-state index in [1.807, 2.05) is 0 Å². The van der Waals surface area contributed by atoms with E-state index in [1.165, 1.54) is 33.0 Å². The fourth-order valence-corrected chi connectivity index (χ4v) is 3.30. The van der Waals surface area contributed by atoms with E-state index in [0.717, 1.165) is 17.5 Å². The molecule has 0 aliphatic rings. The molecule has 1 rings (SSSR count). The topological polar surface area (TPSA) is 63.7 Å². The van der Waals surface area contributed by atoms with Gasteiger partial charge in [-0.1, -0.05) is 17.7 Å². The molecule has 8 heteroatoms. The van der Waals surface area contributed by atoms with Gasteiger partial charge in [0.25, 0.3) is 0 Å². The lowest BCUT2D eigenvalue weighted by Crippen LogP contribution is -2.51. The summed E-state index contributed by atoms with van der Waals surface area (Å²) in [6, 6.07) is 3.64. The van der Waals surface area contributed by atoms with E-state index in [4.69, 9.17) is 11.6 Å². The number of halogens is 2. The van der Waals surface area contributed by atoms with Gasteiger partial charge < -0.3 is 4.74 Å². The molecule has 0 spiro atoms. The zero-order valence-corrected chi connectivity index (χ0v) is 13.0. The molecule has 0 saturated carbocycles. The van der Waals surface area contributed by atoms with Crippen LogP contribution >= 0.6 is 11.6 Å². The number of hydrogen-bond donors (Lipinski definition) is 0. The van der Waals surface area contributed by atoms with Gasteiger partial charge in [-0.2, -0.15) is 4.31 Å². The zero-order valence-electron chi connectivity index (χ0n) is 11.5. The predicted octanol–water partition coefficient (Wildman–Crippen LogP) is 2.05. The van der Waals surface area contributed by atoms with Crippen LogP contribution in [0.5, 0.6) is 0 Å². The molecule has 0 N–H and O–H groups in total. The van der Waals surface area contributed by atoms with E-state index in [2.05, 4.69) is 4.74 Å². The monoisotopic (exact) mass is 323 g/mol. The Morgan fingerprint density at radius 3 is 2.45 bits per heavy atom. The minimum atomic E-state index is -4.23. The van der Waals surface area contributed by atoms with Crippen molar-refractivity contribution in [2.24, 2.45) is 0 Å². The third-order valence-electron chi connectivity index (χ3n) is 3.03. The molecular weight excluding hydrogens is 309 g/mol. The molecule has 1 aromatic carbocycles. The summed E-state index contributed by atoms with van der Waals surface area (Å²) >= 11 is 5.58. The van der Waals surface area contributed by atoms with Gasteiger partial charge in [-0.05, 0) is 26.0 Å². The lowest BCUT2D eigenvalue weighted by Gasteiger charge is -2.31. The lowest BCUT2D eigenvalue weighted by molar-refractivity contribution is -0.149. The Hall–Kier alpha value is -1.18. The lowest BCUT2D eigenvalue weighted by atomic mass is 10.1. The Kier molecular flexibility index (Phi) is 4.78. The number of carbonyl (C=O) groups is 1. The first-order valence-corrected chi connectivity index (χ1v) is 7.40. The molecule has 5 nitrogen and oxygen atoms in total. The van der Waals surface area contributed by atoms with Gasteiger partial charge in [0.15, 0.2) is 5.82 Å². The number of ether oxygens (including phenoxy) is 1. The first-order chi connectivity index (χ1) is 9.06. The Morgan fingerprint density at radius 1 is 1.40 bits per heavy atom. The van der Waals surface area contributed by atoms with Crippen molar-refractivity contribution in [1.82, 2.24) is 4.31 Å². The maximum Gasteiger partial charge on any atom is 0.326 e. The number of sulfonamides is 1. The van der Waals surface area contributed by atoms with Gasteiger partial charge in [0.05, 0.1) is 12.1 Å². The van der Waals surface area contributed by atoms with Crippen LogP contribution in [0.3, 0.4) is 0 Å². The quantitative estimate of drug-likeness (QED) is 0.796. The summed E-state index contributed by atoms with van der Waals surface area (Å²) in [6.07, 6.45) is 0. The molecule has 112 valence electrons. The molecule has 0 heterocycles. The van der Waals surface area contributed by atoms with Crippen molar-refractivity contribution in [2.75, 3.05) is 14.2 Å². The van der Waals surface area contributed by atoms with E-state index in [-0.39, 0.29) is 5.02 Å². The molecule has 0 radical (unpaired) electrons. The van der Waals surface area contributed by atoms with E-state index in [9.17, 15) is 17.6 Å². The molecule has 0 aliphatic heterocycles. The number of hydrogen-bond acceptors (Lipinski definition) is 4. The summed E-state index contributed by atoms with van der Waals surface area (Å²) in [5.41, 5.74) is -1.48. The van der Waals surface area contributed by atoms with Crippen LogP contribution in [0, 0.1) is 5.82 Å². The van der Waals surface area contributed by atoms with Gasteiger partial charge in [-0.3, -0.25) is 4.79 Å². The second kappa shape index (κ2) is 5.67. The van der Waals surface area contributed by atoms with Gasteiger partial charge in [-0.25, -0.2) is 12.8 Å². The molecule has 0 aromatic heterocycles. The summed E-state index contributed by atoms with van der Waals surface area (Å²) in [6.45, 7) is 2.72. The normalized spacial score (nSPS) is 12.6. The Labute approximate surface area is 122 Å². The summed E-state index contributed by atoms with van der Waals surface area (Å²) in [5, 5.41) is -0.310. The van der Waals surface area contributed by atoms with E-state index < -0.39 is 32.2 Å². The molecular formula is C12H15ClFNO4S. The summed E-state index contributed by atoms with van der Waals surface area (Å²) < 4.78 is 44.0. The molecule has 0 unspecified atom stereocenters. The van der Waals surface area contributed by atoms with Crippen molar-refractivity contribution < 1.29 is 22.3 Å². The third-order valence-corrected chi connectivity index (χ3v) is 5.37. The van der Waals surface area contributed by atoms with Crippen LogP contribution in [0.15, 0.2) is 23.1 Å². The second-order valence-electron chi connectivity index (χ2n) is 4.58. The number of esters is 1. The van der Waals surface area contributed by atoms with Crippen molar-refractivity contribution in [3.05, 3.63) is 29.0 Å². The number of nitrogens with zero attached hydrogens (tertiary/aromatic N) is 1. The van der Waals surface area contributed by atoms with Crippen LogP contribution in [0.2, 0.25) is 5.02 Å². The molecule has 20 heavy (non-hydrogen) atoms. The summed E-state index contributed by atoms with van der Waals surface area (Å²) in [4.78, 5) is 11.1. The van der Waals surface area contributed by atoms with Crippen molar-refractivity contribution in [3.8, 4) is 0 Å². The summed E-state index contributed by atoms with van der Waals surface area (Å²) in [5.74, 6) is -1.81. The third kappa shape index (κ3) is 2.79. The molecule has 0 aliphatic carbocycles. The van der Waals surface area contributed by atoms with Gasteiger partial charge in [-0.15, -0.1) is 0 Å². The average molecular weight is 324 g/mol. The predicted molar refractivity (Wildman–Crippen MR) is 72.5 cm³/mol. The van der Waals surface area contributed by atoms with E-state index in [1.54, 1.807) is 0 Å². The van der Waals surface area contributed by atoms with Crippen LogP contribution in [0.25, 0.3) is 0 Å². The second-order valence-corrected chi connectivity index (χ2v) is 6.92. The average Bonchev–Trinajstić information content (AvgIpc) is 2.39. The van der Waals surface area contributed by atoms with Gasteiger partial charge >= 0.3 is 5.97 Å². The van der Waals surface area contributed by atoms with Crippen LogP contribution in [-0.4, -0.2) is 38.4 Å². The highest BCUT2D eigenvalue weighted by atomic mass is 35.5. The SMILES string of the molecule is COC(=O)C(C)(C)N(C)S(=O)(=O)c1cccc(Cl)c1F. The Balaban J connectivity index is 3.37. The Morgan fingerprint density at radius 2 is 1.95 bits per heavy atom. The fraction of sp³-hybridized carbons (Fsp3) is 0.417. The molecule has 0 atom stereocenters. The van der Waals surface area contributed by atoms with Crippen molar-refractivity contribution >= 4 is 27.6 Å². The molecule has 0 saturated heterocycles. The van der Waals surface area contributed by atoms with Crippen molar-refractivity contribution in [3.63, 3.8) is 0 Å².